The summed E-state index contributed by atoms with van der Waals surface area (Å²) in [6.45, 7) is 4.58. The predicted molar refractivity (Wildman–Crippen MR) is 154 cm³/mol. The van der Waals surface area contributed by atoms with Gasteiger partial charge in [-0.25, -0.2) is 9.37 Å². The predicted octanol–water partition coefficient (Wildman–Crippen LogP) is 6.48. The third-order valence-electron chi connectivity index (χ3n) is 8.29. The van der Waals surface area contributed by atoms with Gasteiger partial charge in [-0.1, -0.05) is 31.2 Å². The van der Waals surface area contributed by atoms with Crippen molar-refractivity contribution in [3.63, 3.8) is 0 Å². The number of nitrogens with zero attached hydrogens (tertiary/aromatic N) is 2. The zero-order valence-corrected chi connectivity index (χ0v) is 23.1. The maximum absolute atomic E-state index is 13.2. The first-order valence-electron chi connectivity index (χ1n) is 14.1. The highest BCUT2D eigenvalue weighted by Crippen LogP contribution is 2.32. The van der Waals surface area contributed by atoms with Crippen molar-refractivity contribution in [2.75, 3.05) is 18.8 Å². The van der Waals surface area contributed by atoms with Crippen molar-refractivity contribution in [3.8, 4) is 11.1 Å². The number of carbonyl (C=O) groups is 1. The Morgan fingerprint density at radius 2 is 1.71 bits per heavy atom. The number of rotatable bonds is 9. The highest BCUT2D eigenvalue weighted by atomic mass is 32.1. The molecule has 0 saturated heterocycles. The number of anilines is 1. The quantitative estimate of drug-likeness (QED) is 0.330. The molecule has 2 aliphatic rings. The van der Waals surface area contributed by atoms with Crippen LogP contribution in [0.4, 0.5) is 9.52 Å². The number of nitrogens with one attached hydrogen (secondary N) is 1. The molecule has 202 valence electrons. The van der Waals surface area contributed by atoms with Crippen LogP contribution in [0.5, 0.6) is 0 Å². The molecule has 7 heteroatoms. The molecule has 0 radical (unpaired) electrons. The molecule has 5 rings (SSSR count). The minimum absolute atomic E-state index is 0.00593. The van der Waals surface area contributed by atoms with Crippen LogP contribution in [-0.4, -0.2) is 41.0 Å². The molecule has 0 spiro atoms. The van der Waals surface area contributed by atoms with Crippen LogP contribution in [0.2, 0.25) is 0 Å². The first kappa shape index (κ1) is 26.8. The van der Waals surface area contributed by atoms with E-state index < -0.39 is 0 Å². The summed E-state index contributed by atoms with van der Waals surface area (Å²) in [5.74, 6) is 0.479. The number of carbonyl (C=O) groups excluding carboxylic acids is 1. The maximum Gasteiger partial charge on any atom is 0.251 e. The Labute approximate surface area is 229 Å². The van der Waals surface area contributed by atoms with Gasteiger partial charge >= 0.3 is 0 Å². The molecule has 38 heavy (non-hydrogen) atoms. The number of halogens is 1. The number of nitrogens with two attached hydrogens (primary N) is 1. The van der Waals surface area contributed by atoms with E-state index in [9.17, 15) is 9.18 Å². The van der Waals surface area contributed by atoms with E-state index in [4.69, 9.17) is 5.73 Å². The molecule has 1 amide bonds. The molecular weight excluding hydrogens is 495 g/mol. The third kappa shape index (κ3) is 6.62. The average Bonchev–Trinajstić information content (AvgIpc) is 3.31. The monoisotopic (exact) mass is 534 g/mol. The summed E-state index contributed by atoms with van der Waals surface area (Å²) in [5, 5.41) is 3.97. The van der Waals surface area contributed by atoms with Crippen LogP contribution in [0.25, 0.3) is 11.1 Å². The molecule has 1 aromatic heterocycles. The van der Waals surface area contributed by atoms with E-state index in [-0.39, 0.29) is 17.8 Å². The number of hydrogen-bond acceptors (Lipinski definition) is 5. The van der Waals surface area contributed by atoms with Crippen LogP contribution in [0.15, 0.2) is 48.5 Å². The number of aromatic nitrogens is 1. The lowest BCUT2D eigenvalue weighted by atomic mass is 9.83. The molecule has 2 aliphatic carbocycles. The first-order chi connectivity index (χ1) is 18.5. The molecule has 1 heterocycles. The number of aryl methyl sites for hydroxylation is 1. The summed E-state index contributed by atoms with van der Waals surface area (Å²) in [5.41, 5.74) is 9.77. The zero-order valence-electron chi connectivity index (χ0n) is 22.3. The SMILES string of the molecule is CCCN(CCC1CCC(NC(=O)c2ccc(-c3ccc(F)cc3)cc2)CC1)[C@H]1CCc2nc(N)sc2C1. The molecule has 5 nitrogen and oxygen atoms in total. The summed E-state index contributed by atoms with van der Waals surface area (Å²) < 4.78 is 13.2. The number of hydrogen-bond donors (Lipinski definition) is 2. The van der Waals surface area contributed by atoms with Gasteiger partial charge in [0.1, 0.15) is 5.82 Å². The Morgan fingerprint density at radius 1 is 1.03 bits per heavy atom. The molecule has 3 N–H and O–H groups in total. The lowest BCUT2D eigenvalue weighted by Crippen LogP contribution is -2.41. The number of benzene rings is 2. The van der Waals surface area contributed by atoms with Crippen LogP contribution in [0.1, 0.15) is 72.8 Å². The van der Waals surface area contributed by atoms with Crippen molar-refractivity contribution in [2.24, 2.45) is 5.92 Å². The van der Waals surface area contributed by atoms with Crippen molar-refractivity contribution in [2.45, 2.75) is 76.8 Å². The molecule has 1 fully saturated rings. The summed E-state index contributed by atoms with van der Waals surface area (Å²) in [6, 6.07) is 14.8. The van der Waals surface area contributed by atoms with Crippen molar-refractivity contribution >= 4 is 22.4 Å². The molecule has 0 bridgehead atoms. The number of fused-ring (bicyclic) bond motifs is 1. The Morgan fingerprint density at radius 3 is 2.39 bits per heavy atom. The number of thiazole rings is 1. The molecular formula is C31H39FN4OS. The lowest BCUT2D eigenvalue weighted by Gasteiger charge is -2.36. The smallest absolute Gasteiger partial charge is 0.251 e. The van der Waals surface area contributed by atoms with Gasteiger partial charge in [0.15, 0.2) is 5.13 Å². The molecule has 1 saturated carbocycles. The van der Waals surface area contributed by atoms with Crippen molar-refractivity contribution < 1.29 is 9.18 Å². The second-order valence-corrected chi connectivity index (χ2v) is 12.0. The third-order valence-corrected chi connectivity index (χ3v) is 9.24. The van der Waals surface area contributed by atoms with Crippen LogP contribution in [-0.2, 0) is 12.8 Å². The fraction of sp³-hybridized carbons (Fsp3) is 0.484. The zero-order chi connectivity index (χ0) is 26.5. The Kier molecular flexibility index (Phi) is 8.75. The summed E-state index contributed by atoms with van der Waals surface area (Å²) in [7, 11) is 0. The van der Waals surface area contributed by atoms with Gasteiger partial charge in [-0.3, -0.25) is 4.79 Å². The van der Waals surface area contributed by atoms with E-state index >= 15 is 0 Å². The Balaban J connectivity index is 1.07. The minimum Gasteiger partial charge on any atom is -0.375 e. The first-order valence-corrected chi connectivity index (χ1v) is 14.9. The van der Waals surface area contributed by atoms with Gasteiger partial charge in [0.2, 0.25) is 0 Å². The van der Waals surface area contributed by atoms with E-state index in [0.717, 1.165) is 55.8 Å². The standard InChI is InChI=1S/C31H39FN4OS/c1-2-18-36(27-15-16-28-29(20-27)38-31(33)35-28)19-17-21-3-13-26(14-4-21)34-30(37)24-7-5-22(6-8-24)23-9-11-25(32)12-10-23/h5-12,21,26-27H,2-4,13-20H2,1H3,(H2,33,35)(H,34,37)/t21?,26?,27-/m0/s1. The van der Waals surface area contributed by atoms with E-state index in [1.165, 1.54) is 54.8 Å². The lowest BCUT2D eigenvalue weighted by molar-refractivity contribution is 0.0918. The van der Waals surface area contributed by atoms with Crippen LogP contribution in [0.3, 0.4) is 0 Å². The molecule has 0 unspecified atom stereocenters. The number of amides is 1. The molecule has 3 aromatic rings. The molecule has 2 aromatic carbocycles. The maximum atomic E-state index is 13.2. The van der Waals surface area contributed by atoms with E-state index in [0.29, 0.717) is 16.7 Å². The fourth-order valence-corrected chi connectivity index (χ4v) is 7.07. The van der Waals surface area contributed by atoms with Gasteiger partial charge in [0.25, 0.3) is 5.91 Å². The summed E-state index contributed by atoms with van der Waals surface area (Å²) >= 11 is 1.67. The van der Waals surface area contributed by atoms with E-state index in [1.807, 2.05) is 24.3 Å². The largest absolute Gasteiger partial charge is 0.375 e. The van der Waals surface area contributed by atoms with Crippen molar-refractivity contribution in [3.05, 3.63) is 70.5 Å². The molecule has 0 aliphatic heterocycles. The fourth-order valence-electron chi connectivity index (χ4n) is 6.12. The normalized spacial score (nSPS) is 21.3. The Bertz CT molecular complexity index is 1200. The molecule has 1 atom stereocenters. The van der Waals surface area contributed by atoms with Gasteiger partial charge in [0, 0.05) is 22.5 Å². The number of nitrogen functional groups attached to an aromatic ring is 1. The Hall–Kier alpha value is -2.77. The van der Waals surface area contributed by atoms with Gasteiger partial charge in [-0.2, -0.15) is 0 Å². The summed E-state index contributed by atoms with van der Waals surface area (Å²) in [4.78, 5) is 21.5. The van der Waals surface area contributed by atoms with E-state index in [1.54, 1.807) is 23.5 Å². The second kappa shape index (κ2) is 12.4. The average molecular weight is 535 g/mol. The summed E-state index contributed by atoms with van der Waals surface area (Å²) in [6.07, 6.45) is 10.2. The van der Waals surface area contributed by atoms with E-state index in [2.05, 4.69) is 22.1 Å². The van der Waals surface area contributed by atoms with Gasteiger partial charge in [0.05, 0.1) is 5.69 Å². The van der Waals surface area contributed by atoms with Crippen LogP contribution >= 0.6 is 11.3 Å². The van der Waals surface area contributed by atoms with Gasteiger partial charge in [-0.05, 0) is 112 Å². The second-order valence-electron chi connectivity index (χ2n) is 10.9. The minimum atomic E-state index is -0.247. The highest BCUT2D eigenvalue weighted by Gasteiger charge is 2.28. The van der Waals surface area contributed by atoms with Crippen LogP contribution < -0.4 is 11.1 Å². The van der Waals surface area contributed by atoms with Crippen molar-refractivity contribution in [1.82, 2.24) is 15.2 Å². The van der Waals surface area contributed by atoms with Gasteiger partial charge in [-0.15, -0.1) is 11.3 Å². The van der Waals surface area contributed by atoms with Crippen LogP contribution in [0, 0.1) is 11.7 Å². The van der Waals surface area contributed by atoms with Crippen molar-refractivity contribution in [1.29, 1.82) is 0 Å². The van der Waals surface area contributed by atoms with Gasteiger partial charge < -0.3 is 16.0 Å². The highest BCUT2D eigenvalue weighted by molar-refractivity contribution is 7.15. The topological polar surface area (TPSA) is 71.2 Å².